The van der Waals surface area contributed by atoms with E-state index in [1.54, 1.807) is 30.0 Å². The Morgan fingerprint density at radius 1 is 0.706 bits per heavy atom. The summed E-state index contributed by atoms with van der Waals surface area (Å²) in [6.45, 7) is 1.94. The van der Waals surface area contributed by atoms with Crippen LogP contribution in [-0.2, 0) is 5.75 Å². The minimum Gasteiger partial charge on any atom is -0.345 e. The largest absolute Gasteiger partial charge is 0.345 e. The average Bonchev–Trinajstić information content (AvgIpc) is 2.89. The van der Waals surface area contributed by atoms with Crippen molar-refractivity contribution in [3.63, 3.8) is 0 Å². The SMILES string of the molecule is C[C@@H](NC(=O)c1ccccc1NC(=O)c1ccccc1SCc1ccccc1)c1ccccc1. The Labute approximate surface area is 204 Å². The number of thioether (sulfide) groups is 1. The van der Waals surface area contributed by atoms with Crippen molar-refractivity contribution >= 4 is 29.3 Å². The van der Waals surface area contributed by atoms with Crippen molar-refractivity contribution < 1.29 is 9.59 Å². The monoisotopic (exact) mass is 466 g/mol. The Morgan fingerprint density at radius 3 is 2.03 bits per heavy atom. The molecule has 0 aliphatic carbocycles. The molecule has 2 N–H and O–H groups in total. The van der Waals surface area contributed by atoms with Crippen molar-refractivity contribution in [3.05, 3.63) is 131 Å². The molecule has 0 aliphatic rings. The molecule has 5 heteroatoms. The van der Waals surface area contributed by atoms with Crippen molar-refractivity contribution in [2.45, 2.75) is 23.6 Å². The van der Waals surface area contributed by atoms with Gasteiger partial charge < -0.3 is 10.6 Å². The van der Waals surface area contributed by atoms with E-state index in [1.807, 2.05) is 85.8 Å². The van der Waals surface area contributed by atoms with Crippen LogP contribution in [0, 0.1) is 0 Å². The van der Waals surface area contributed by atoms with Gasteiger partial charge >= 0.3 is 0 Å². The maximum absolute atomic E-state index is 13.2. The van der Waals surface area contributed by atoms with Gasteiger partial charge in [0, 0.05) is 10.6 Å². The number of carbonyl (C=O) groups excluding carboxylic acids is 2. The molecule has 0 fully saturated rings. The van der Waals surface area contributed by atoms with Gasteiger partial charge in [-0.3, -0.25) is 9.59 Å². The van der Waals surface area contributed by atoms with Crippen molar-refractivity contribution in [1.29, 1.82) is 0 Å². The van der Waals surface area contributed by atoms with E-state index in [4.69, 9.17) is 0 Å². The number of carbonyl (C=O) groups is 2. The molecule has 4 aromatic rings. The molecule has 0 aliphatic heterocycles. The molecule has 0 aromatic heterocycles. The number of amides is 2. The molecule has 1 atom stereocenters. The topological polar surface area (TPSA) is 58.2 Å². The highest BCUT2D eigenvalue weighted by atomic mass is 32.2. The highest BCUT2D eigenvalue weighted by Gasteiger charge is 2.18. The Kier molecular flexibility index (Phi) is 7.79. The lowest BCUT2D eigenvalue weighted by Gasteiger charge is -2.17. The van der Waals surface area contributed by atoms with Crippen molar-refractivity contribution in [1.82, 2.24) is 5.32 Å². The van der Waals surface area contributed by atoms with Gasteiger partial charge in [-0.2, -0.15) is 0 Å². The lowest BCUT2D eigenvalue weighted by atomic mass is 10.1. The first-order chi connectivity index (χ1) is 16.6. The molecule has 170 valence electrons. The summed E-state index contributed by atoms with van der Waals surface area (Å²) < 4.78 is 0. The van der Waals surface area contributed by atoms with Crippen molar-refractivity contribution in [3.8, 4) is 0 Å². The summed E-state index contributed by atoms with van der Waals surface area (Å²) in [6.07, 6.45) is 0. The van der Waals surface area contributed by atoms with Crippen LogP contribution in [0.2, 0.25) is 0 Å². The second kappa shape index (κ2) is 11.3. The summed E-state index contributed by atoms with van der Waals surface area (Å²) in [5.74, 6) is 0.285. The highest BCUT2D eigenvalue weighted by Crippen LogP contribution is 2.27. The molecule has 2 amide bonds. The van der Waals surface area contributed by atoms with Crippen LogP contribution in [0.1, 0.15) is 44.8 Å². The van der Waals surface area contributed by atoms with Crippen LogP contribution in [0.3, 0.4) is 0 Å². The second-order valence-electron chi connectivity index (χ2n) is 7.88. The Balaban J connectivity index is 1.48. The first-order valence-corrected chi connectivity index (χ1v) is 12.1. The molecule has 0 saturated heterocycles. The summed E-state index contributed by atoms with van der Waals surface area (Å²) in [5.41, 5.74) is 3.69. The molecule has 0 spiro atoms. The fourth-order valence-corrected chi connectivity index (χ4v) is 4.60. The molecule has 0 radical (unpaired) electrons. The average molecular weight is 467 g/mol. The predicted molar refractivity (Wildman–Crippen MR) is 139 cm³/mol. The molecule has 0 bridgehead atoms. The number of benzene rings is 4. The summed E-state index contributed by atoms with van der Waals surface area (Å²) in [7, 11) is 0. The minimum absolute atomic E-state index is 0.160. The van der Waals surface area contributed by atoms with Gasteiger partial charge in [-0.05, 0) is 42.3 Å². The zero-order valence-corrected chi connectivity index (χ0v) is 19.7. The van der Waals surface area contributed by atoms with E-state index in [0.29, 0.717) is 16.8 Å². The van der Waals surface area contributed by atoms with Gasteiger partial charge in [0.1, 0.15) is 0 Å². The molecular formula is C29H26N2O2S. The maximum Gasteiger partial charge on any atom is 0.256 e. The van der Waals surface area contributed by atoms with Gasteiger partial charge in [-0.15, -0.1) is 11.8 Å². The van der Waals surface area contributed by atoms with E-state index in [1.165, 1.54) is 5.56 Å². The van der Waals surface area contributed by atoms with Gasteiger partial charge in [0.2, 0.25) is 0 Å². The first kappa shape index (κ1) is 23.3. The molecule has 4 rings (SSSR count). The molecule has 0 heterocycles. The fraction of sp³-hybridized carbons (Fsp3) is 0.103. The van der Waals surface area contributed by atoms with Crippen LogP contribution in [0.4, 0.5) is 5.69 Å². The van der Waals surface area contributed by atoms with Gasteiger partial charge in [-0.1, -0.05) is 84.9 Å². The van der Waals surface area contributed by atoms with Gasteiger partial charge in [0.25, 0.3) is 11.8 Å². The van der Waals surface area contributed by atoms with E-state index < -0.39 is 0 Å². The van der Waals surface area contributed by atoms with E-state index in [9.17, 15) is 9.59 Å². The zero-order chi connectivity index (χ0) is 23.8. The van der Waals surface area contributed by atoms with E-state index >= 15 is 0 Å². The third-order valence-electron chi connectivity index (χ3n) is 5.44. The zero-order valence-electron chi connectivity index (χ0n) is 18.9. The molecule has 0 unspecified atom stereocenters. The quantitative estimate of drug-likeness (QED) is 0.283. The number of para-hydroxylation sites is 1. The fourth-order valence-electron chi connectivity index (χ4n) is 3.59. The maximum atomic E-state index is 13.2. The van der Waals surface area contributed by atoms with Crippen LogP contribution >= 0.6 is 11.8 Å². The van der Waals surface area contributed by atoms with E-state index in [2.05, 4.69) is 22.8 Å². The third kappa shape index (κ3) is 5.94. The number of rotatable bonds is 8. The van der Waals surface area contributed by atoms with E-state index in [-0.39, 0.29) is 17.9 Å². The number of hydrogen-bond acceptors (Lipinski definition) is 3. The Bertz CT molecular complexity index is 1260. The van der Waals surface area contributed by atoms with Gasteiger partial charge in [0.05, 0.1) is 22.9 Å². The van der Waals surface area contributed by atoms with Crippen LogP contribution in [0.5, 0.6) is 0 Å². The van der Waals surface area contributed by atoms with Crippen LogP contribution in [0.25, 0.3) is 0 Å². The number of anilines is 1. The van der Waals surface area contributed by atoms with Crippen molar-refractivity contribution in [2.24, 2.45) is 0 Å². The third-order valence-corrected chi connectivity index (χ3v) is 6.58. The summed E-state index contributed by atoms with van der Waals surface area (Å²) >= 11 is 1.62. The van der Waals surface area contributed by atoms with Crippen LogP contribution < -0.4 is 10.6 Å². The molecule has 0 saturated carbocycles. The molecule has 34 heavy (non-hydrogen) atoms. The summed E-state index contributed by atoms with van der Waals surface area (Å²) in [6, 6.07) is 34.4. The standard InChI is InChI=1S/C29H26N2O2S/c1-21(23-14-6-3-7-15-23)30-28(32)24-16-8-10-18-26(24)31-29(33)25-17-9-11-19-27(25)34-20-22-12-4-2-5-13-22/h2-19,21H,20H2,1H3,(H,30,32)(H,31,33)/t21-/m1/s1. The van der Waals surface area contributed by atoms with Gasteiger partial charge in [0.15, 0.2) is 0 Å². The van der Waals surface area contributed by atoms with E-state index in [0.717, 1.165) is 16.2 Å². The smallest absolute Gasteiger partial charge is 0.256 e. The second-order valence-corrected chi connectivity index (χ2v) is 8.89. The minimum atomic E-state index is -0.243. The summed E-state index contributed by atoms with van der Waals surface area (Å²) in [5, 5.41) is 5.97. The number of nitrogens with one attached hydrogen (secondary N) is 2. The Morgan fingerprint density at radius 2 is 1.29 bits per heavy atom. The van der Waals surface area contributed by atoms with Crippen LogP contribution in [0.15, 0.2) is 114 Å². The summed E-state index contributed by atoms with van der Waals surface area (Å²) in [4.78, 5) is 27.1. The van der Waals surface area contributed by atoms with Crippen molar-refractivity contribution in [2.75, 3.05) is 5.32 Å². The highest BCUT2D eigenvalue weighted by molar-refractivity contribution is 7.98. The lowest BCUT2D eigenvalue weighted by molar-refractivity contribution is 0.0940. The van der Waals surface area contributed by atoms with Gasteiger partial charge in [-0.25, -0.2) is 0 Å². The Hall–Kier alpha value is -3.83. The predicted octanol–water partition coefficient (Wildman–Crippen LogP) is 6.72. The number of hydrogen-bond donors (Lipinski definition) is 2. The lowest BCUT2D eigenvalue weighted by Crippen LogP contribution is -2.28. The normalized spacial score (nSPS) is 11.4. The molecule has 4 nitrogen and oxygen atoms in total. The first-order valence-electron chi connectivity index (χ1n) is 11.1. The molecular weight excluding hydrogens is 440 g/mol. The van der Waals surface area contributed by atoms with Crippen LogP contribution in [-0.4, -0.2) is 11.8 Å². The molecule has 4 aromatic carbocycles.